The summed E-state index contributed by atoms with van der Waals surface area (Å²) >= 11 is 0. The van der Waals surface area contributed by atoms with Gasteiger partial charge in [0.05, 0.1) is 0 Å². The van der Waals surface area contributed by atoms with Crippen LogP contribution in [0.5, 0.6) is 0 Å². The van der Waals surface area contributed by atoms with Gasteiger partial charge in [0.15, 0.2) is 0 Å². The van der Waals surface area contributed by atoms with Gasteiger partial charge in [-0.1, -0.05) is 12.8 Å². The van der Waals surface area contributed by atoms with E-state index in [1.54, 1.807) is 11.9 Å². The Bertz CT molecular complexity index is 249. The number of likely N-dealkylation sites (N-methyl/N-ethyl adjacent to an activating group) is 1. The van der Waals surface area contributed by atoms with Gasteiger partial charge in [0, 0.05) is 20.1 Å². The summed E-state index contributed by atoms with van der Waals surface area (Å²) < 4.78 is 0. The van der Waals surface area contributed by atoms with Crippen LogP contribution in [0.4, 0.5) is 4.79 Å². The number of amides is 2. The molecule has 1 fully saturated rings. The summed E-state index contributed by atoms with van der Waals surface area (Å²) in [6.07, 6.45) is 4.38. The van der Waals surface area contributed by atoms with Gasteiger partial charge in [0.2, 0.25) is 0 Å². The fraction of sp³-hybridized carbons (Fsp3) is 0.800. The third-order valence-electron chi connectivity index (χ3n) is 2.87. The second kappa shape index (κ2) is 5.00. The van der Waals surface area contributed by atoms with Crippen molar-refractivity contribution in [1.82, 2.24) is 9.80 Å². The predicted molar refractivity (Wildman–Crippen MR) is 55.7 cm³/mol. The first-order valence-corrected chi connectivity index (χ1v) is 5.22. The second-order valence-electron chi connectivity index (χ2n) is 4.08. The van der Waals surface area contributed by atoms with Gasteiger partial charge in [-0.2, -0.15) is 0 Å². The highest BCUT2D eigenvalue weighted by molar-refractivity contribution is 5.79. The molecule has 0 aromatic carbocycles. The Balaban J connectivity index is 2.47. The summed E-state index contributed by atoms with van der Waals surface area (Å²) in [6, 6.07) is 0.0815. The summed E-state index contributed by atoms with van der Waals surface area (Å²) in [6.45, 7) is -0.240. The van der Waals surface area contributed by atoms with Gasteiger partial charge in [-0.25, -0.2) is 4.79 Å². The van der Waals surface area contributed by atoms with Crippen LogP contribution >= 0.6 is 0 Å². The molecule has 1 rings (SSSR count). The lowest BCUT2D eigenvalue weighted by Crippen LogP contribution is -2.45. The number of carbonyl (C=O) groups is 2. The highest BCUT2D eigenvalue weighted by Crippen LogP contribution is 2.22. The molecular formula is C10H18N2O3. The van der Waals surface area contributed by atoms with Crippen molar-refractivity contribution in [2.45, 2.75) is 31.7 Å². The Morgan fingerprint density at radius 2 is 1.80 bits per heavy atom. The summed E-state index contributed by atoms with van der Waals surface area (Å²) in [5, 5.41) is 8.57. The molecule has 0 aromatic heterocycles. The Hall–Kier alpha value is -1.26. The molecule has 0 unspecified atom stereocenters. The largest absolute Gasteiger partial charge is 0.480 e. The van der Waals surface area contributed by atoms with Gasteiger partial charge in [-0.15, -0.1) is 0 Å². The lowest BCUT2D eigenvalue weighted by atomic mass is 10.2. The van der Waals surface area contributed by atoms with Crippen LogP contribution in [0.15, 0.2) is 0 Å². The minimum Gasteiger partial charge on any atom is -0.480 e. The van der Waals surface area contributed by atoms with E-state index in [-0.39, 0.29) is 18.6 Å². The summed E-state index contributed by atoms with van der Waals surface area (Å²) in [5.74, 6) is -0.981. The fourth-order valence-electron chi connectivity index (χ4n) is 1.99. The van der Waals surface area contributed by atoms with Crippen LogP contribution in [-0.4, -0.2) is 53.6 Å². The molecule has 1 aliphatic rings. The van der Waals surface area contributed by atoms with Crippen LogP contribution < -0.4 is 0 Å². The molecule has 86 valence electrons. The Kier molecular flexibility index (Phi) is 3.94. The quantitative estimate of drug-likeness (QED) is 0.762. The summed E-state index contributed by atoms with van der Waals surface area (Å²) in [4.78, 5) is 25.1. The summed E-state index contributed by atoms with van der Waals surface area (Å²) in [5.41, 5.74) is 0. The standard InChI is InChI=1S/C10H18N2O3/c1-11(7-9(13)14)10(15)12(2)8-5-3-4-6-8/h8H,3-7H2,1-2H3,(H,13,14). The van der Waals surface area contributed by atoms with Crippen molar-refractivity contribution in [1.29, 1.82) is 0 Å². The molecule has 0 aliphatic heterocycles. The van der Waals surface area contributed by atoms with Crippen LogP contribution in [0.2, 0.25) is 0 Å². The molecule has 0 saturated heterocycles. The number of carboxylic acid groups (broad SMARTS) is 1. The number of carbonyl (C=O) groups excluding carboxylic acids is 1. The van der Waals surface area contributed by atoms with Crippen LogP contribution in [-0.2, 0) is 4.79 Å². The molecule has 1 N–H and O–H groups in total. The van der Waals surface area contributed by atoms with E-state index in [2.05, 4.69) is 0 Å². The van der Waals surface area contributed by atoms with E-state index in [9.17, 15) is 9.59 Å². The molecule has 0 bridgehead atoms. The lowest BCUT2D eigenvalue weighted by molar-refractivity contribution is -0.137. The third kappa shape index (κ3) is 3.11. The van der Waals surface area contributed by atoms with E-state index in [0.29, 0.717) is 0 Å². The molecule has 0 aromatic rings. The molecule has 0 atom stereocenters. The Morgan fingerprint density at radius 1 is 1.27 bits per heavy atom. The predicted octanol–water partition coefficient (Wildman–Crippen LogP) is 0.997. The summed E-state index contributed by atoms with van der Waals surface area (Å²) in [7, 11) is 3.26. The molecule has 1 aliphatic carbocycles. The Morgan fingerprint density at radius 3 is 2.27 bits per heavy atom. The molecule has 5 heteroatoms. The number of carboxylic acids is 1. The number of nitrogens with zero attached hydrogens (tertiary/aromatic N) is 2. The van der Waals surface area contributed by atoms with Gasteiger partial charge in [0.1, 0.15) is 6.54 Å². The first-order valence-electron chi connectivity index (χ1n) is 5.22. The van der Waals surface area contributed by atoms with E-state index in [0.717, 1.165) is 25.7 Å². The van der Waals surface area contributed by atoms with Crippen molar-refractivity contribution in [3.63, 3.8) is 0 Å². The topological polar surface area (TPSA) is 60.9 Å². The van der Waals surface area contributed by atoms with Crippen molar-refractivity contribution in [2.75, 3.05) is 20.6 Å². The molecule has 15 heavy (non-hydrogen) atoms. The first-order chi connectivity index (χ1) is 7.02. The van der Waals surface area contributed by atoms with Gasteiger partial charge in [-0.3, -0.25) is 4.79 Å². The normalized spacial score (nSPS) is 16.4. The smallest absolute Gasteiger partial charge is 0.323 e. The Labute approximate surface area is 89.7 Å². The SMILES string of the molecule is CN(CC(=O)O)C(=O)N(C)C1CCCC1. The van der Waals surface area contributed by atoms with Crippen LogP contribution in [0.3, 0.4) is 0 Å². The zero-order valence-corrected chi connectivity index (χ0v) is 9.27. The molecule has 0 heterocycles. The van der Waals surface area contributed by atoms with Crippen molar-refractivity contribution >= 4 is 12.0 Å². The molecule has 2 amide bonds. The second-order valence-corrected chi connectivity index (χ2v) is 4.08. The first kappa shape index (κ1) is 11.8. The van der Waals surface area contributed by atoms with Gasteiger partial charge < -0.3 is 14.9 Å². The van der Waals surface area contributed by atoms with E-state index < -0.39 is 5.97 Å². The monoisotopic (exact) mass is 214 g/mol. The third-order valence-corrected chi connectivity index (χ3v) is 2.87. The number of aliphatic carboxylic acids is 1. The maximum atomic E-state index is 11.8. The van der Waals surface area contributed by atoms with E-state index >= 15 is 0 Å². The molecule has 5 nitrogen and oxygen atoms in total. The van der Waals surface area contributed by atoms with Crippen LogP contribution in [0.25, 0.3) is 0 Å². The van der Waals surface area contributed by atoms with Crippen molar-refractivity contribution in [3.05, 3.63) is 0 Å². The van der Waals surface area contributed by atoms with Crippen molar-refractivity contribution < 1.29 is 14.7 Å². The van der Waals surface area contributed by atoms with E-state index in [1.165, 1.54) is 11.9 Å². The van der Waals surface area contributed by atoms with E-state index in [1.807, 2.05) is 0 Å². The maximum absolute atomic E-state index is 11.8. The average Bonchev–Trinajstić information content (AvgIpc) is 2.67. The molecule has 0 radical (unpaired) electrons. The number of urea groups is 1. The van der Waals surface area contributed by atoms with Gasteiger partial charge in [-0.05, 0) is 12.8 Å². The number of rotatable bonds is 3. The maximum Gasteiger partial charge on any atom is 0.323 e. The van der Waals surface area contributed by atoms with Gasteiger partial charge >= 0.3 is 12.0 Å². The molecule has 1 saturated carbocycles. The highest BCUT2D eigenvalue weighted by Gasteiger charge is 2.25. The van der Waals surface area contributed by atoms with Gasteiger partial charge in [0.25, 0.3) is 0 Å². The molecule has 0 spiro atoms. The minimum absolute atomic E-state index is 0.204. The van der Waals surface area contributed by atoms with Crippen molar-refractivity contribution in [3.8, 4) is 0 Å². The fourth-order valence-corrected chi connectivity index (χ4v) is 1.99. The molecular weight excluding hydrogens is 196 g/mol. The number of hydrogen-bond donors (Lipinski definition) is 1. The van der Waals surface area contributed by atoms with Crippen LogP contribution in [0.1, 0.15) is 25.7 Å². The highest BCUT2D eigenvalue weighted by atomic mass is 16.4. The van der Waals surface area contributed by atoms with Crippen LogP contribution in [0, 0.1) is 0 Å². The lowest BCUT2D eigenvalue weighted by Gasteiger charge is -2.28. The van der Waals surface area contributed by atoms with E-state index in [4.69, 9.17) is 5.11 Å². The zero-order valence-electron chi connectivity index (χ0n) is 9.27. The zero-order chi connectivity index (χ0) is 11.4. The minimum atomic E-state index is -0.981. The average molecular weight is 214 g/mol. The van der Waals surface area contributed by atoms with Crippen molar-refractivity contribution in [2.24, 2.45) is 0 Å². The number of hydrogen-bond acceptors (Lipinski definition) is 2.